The molecule has 116 valence electrons. The van der Waals surface area contributed by atoms with Crippen LogP contribution in [0.2, 0.25) is 0 Å². The number of aryl methyl sites for hydroxylation is 1. The fourth-order valence-electron chi connectivity index (χ4n) is 1.80. The molecule has 6 heteroatoms. The van der Waals surface area contributed by atoms with Crippen LogP contribution in [0.25, 0.3) is 0 Å². The number of nitrogens with one attached hydrogen (secondary N) is 1. The number of aromatic nitrogens is 2. The van der Waals surface area contributed by atoms with Gasteiger partial charge in [-0.25, -0.2) is 4.98 Å². The van der Waals surface area contributed by atoms with E-state index in [2.05, 4.69) is 22.2 Å². The largest absolute Gasteiger partial charge is 0.356 e. The van der Waals surface area contributed by atoms with E-state index in [4.69, 9.17) is 0 Å². The molecule has 0 aliphatic heterocycles. The van der Waals surface area contributed by atoms with Crippen molar-refractivity contribution in [3.8, 4) is 0 Å². The second kappa shape index (κ2) is 9.05. The summed E-state index contributed by atoms with van der Waals surface area (Å²) in [5, 5.41) is 2.84. The number of hydrogen-bond acceptors (Lipinski definition) is 4. The van der Waals surface area contributed by atoms with Crippen molar-refractivity contribution in [3.63, 3.8) is 0 Å². The molecule has 0 unspecified atom stereocenters. The van der Waals surface area contributed by atoms with Crippen molar-refractivity contribution >= 4 is 11.8 Å². The van der Waals surface area contributed by atoms with Crippen molar-refractivity contribution in [1.29, 1.82) is 0 Å². The van der Waals surface area contributed by atoms with E-state index < -0.39 is 0 Å². The van der Waals surface area contributed by atoms with Gasteiger partial charge in [0.25, 0.3) is 5.91 Å². The summed E-state index contributed by atoms with van der Waals surface area (Å²) in [6.45, 7) is 7.40. The monoisotopic (exact) mass is 292 g/mol. The average molecular weight is 292 g/mol. The van der Waals surface area contributed by atoms with Crippen molar-refractivity contribution in [2.45, 2.75) is 40.0 Å². The molecule has 0 fully saturated rings. The van der Waals surface area contributed by atoms with Gasteiger partial charge in [-0.1, -0.05) is 13.3 Å². The van der Waals surface area contributed by atoms with Crippen LogP contribution < -0.4 is 5.32 Å². The van der Waals surface area contributed by atoms with Gasteiger partial charge in [0.15, 0.2) is 0 Å². The maximum Gasteiger partial charge on any atom is 0.274 e. The number of amides is 2. The Bertz CT molecular complexity index is 459. The maximum atomic E-state index is 12.3. The molecule has 6 nitrogen and oxygen atoms in total. The predicted octanol–water partition coefficient (Wildman–Crippen LogP) is 1.55. The number of rotatable bonds is 8. The number of unbranched alkanes of at least 4 members (excludes halogenated alkanes) is 1. The molecule has 0 atom stereocenters. The van der Waals surface area contributed by atoms with Crippen LogP contribution in [0.5, 0.6) is 0 Å². The van der Waals surface area contributed by atoms with E-state index in [1.165, 1.54) is 6.20 Å². The van der Waals surface area contributed by atoms with Crippen LogP contribution in [-0.2, 0) is 4.79 Å². The summed E-state index contributed by atoms with van der Waals surface area (Å²) < 4.78 is 0. The highest BCUT2D eigenvalue weighted by atomic mass is 16.2. The molecule has 1 heterocycles. The molecule has 0 radical (unpaired) electrons. The lowest BCUT2D eigenvalue weighted by Crippen LogP contribution is -2.35. The van der Waals surface area contributed by atoms with Gasteiger partial charge < -0.3 is 10.2 Å². The highest BCUT2D eigenvalue weighted by Crippen LogP contribution is 2.02. The van der Waals surface area contributed by atoms with Crippen molar-refractivity contribution in [1.82, 2.24) is 20.2 Å². The Hall–Kier alpha value is -1.98. The van der Waals surface area contributed by atoms with E-state index in [1.54, 1.807) is 11.1 Å². The molecule has 21 heavy (non-hydrogen) atoms. The fraction of sp³-hybridized carbons (Fsp3) is 0.600. The first kappa shape index (κ1) is 17.1. The van der Waals surface area contributed by atoms with E-state index in [-0.39, 0.29) is 11.8 Å². The third kappa shape index (κ3) is 5.89. The zero-order chi connectivity index (χ0) is 15.7. The third-order valence-corrected chi connectivity index (χ3v) is 3.13. The molecule has 0 aliphatic carbocycles. The molecule has 0 aromatic carbocycles. The minimum Gasteiger partial charge on any atom is -0.356 e. The van der Waals surface area contributed by atoms with Crippen LogP contribution >= 0.6 is 0 Å². The molecular weight excluding hydrogens is 268 g/mol. The van der Waals surface area contributed by atoms with Gasteiger partial charge in [-0.2, -0.15) is 0 Å². The molecular formula is C15H24N4O2. The number of carbonyl (C=O) groups excluding carboxylic acids is 2. The van der Waals surface area contributed by atoms with Gasteiger partial charge in [-0.3, -0.25) is 14.6 Å². The zero-order valence-electron chi connectivity index (χ0n) is 13.1. The molecule has 1 aromatic rings. The number of nitrogens with zero attached hydrogens (tertiary/aromatic N) is 3. The van der Waals surface area contributed by atoms with Gasteiger partial charge in [0.1, 0.15) is 5.69 Å². The molecule has 1 N–H and O–H groups in total. The second-order valence-corrected chi connectivity index (χ2v) is 4.88. The summed E-state index contributed by atoms with van der Waals surface area (Å²) in [6, 6.07) is 0. The van der Waals surface area contributed by atoms with Gasteiger partial charge in [0, 0.05) is 32.3 Å². The first-order chi connectivity index (χ1) is 10.1. The molecule has 1 rings (SSSR count). The van der Waals surface area contributed by atoms with E-state index in [1.807, 2.05) is 13.8 Å². The topological polar surface area (TPSA) is 75.2 Å². The lowest BCUT2D eigenvalue weighted by atomic mass is 10.3. The standard InChI is InChI=1S/C15H24N4O2/c1-4-6-8-16-14(20)7-9-19(5-2)15(21)13-11-17-12(3)10-18-13/h10-11H,4-9H2,1-3H3,(H,16,20). The smallest absolute Gasteiger partial charge is 0.274 e. The summed E-state index contributed by atoms with van der Waals surface area (Å²) >= 11 is 0. The SMILES string of the molecule is CCCCNC(=O)CCN(CC)C(=O)c1cnc(C)cn1. The Morgan fingerprint density at radius 3 is 2.57 bits per heavy atom. The van der Waals surface area contributed by atoms with Gasteiger partial charge in [-0.15, -0.1) is 0 Å². The van der Waals surface area contributed by atoms with Gasteiger partial charge in [0.2, 0.25) is 5.91 Å². The molecule has 1 aromatic heterocycles. The van der Waals surface area contributed by atoms with Crippen LogP contribution in [0, 0.1) is 6.92 Å². The summed E-state index contributed by atoms with van der Waals surface area (Å²) in [6.07, 6.45) is 5.37. The molecule has 0 saturated heterocycles. The van der Waals surface area contributed by atoms with E-state index in [9.17, 15) is 9.59 Å². The van der Waals surface area contributed by atoms with Gasteiger partial charge in [0.05, 0.1) is 11.9 Å². The molecule has 2 amide bonds. The summed E-state index contributed by atoms with van der Waals surface area (Å²) in [5.74, 6) is -0.212. The lowest BCUT2D eigenvalue weighted by molar-refractivity contribution is -0.121. The van der Waals surface area contributed by atoms with Gasteiger partial charge >= 0.3 is 0 Å². The normalized spacial score (nSPS) is 10.2. The summed E-state index contributed by atoms with van der Waals surface area (Å²) in [5.41, 5.74) is 1.08. The van der Waals surface area contributed by atoms with Crippen molar-refractivity contribution in [2.75, 3.05) is 19.6 Å². The number of hydrogen-bond donors (Lipinski definition) is 1. The Morgan fingerprint density at radius 1 is 1.24 bits per heavy atom. The lowest BCUT2D eigenvalue weighted by Gasteiger charge is -2.20. The Balaban J connectivity index is 2.48. The van der Waals surface area contributed by atoms with Crippen LogP contribution in [-0.4, -0.2) is 46.3 Å². The maximum absolute atomic E-state index is 12.3. The predicted molar refractivity (Wildman–Crippen MR) is 80.9 cm³/mol. The first-order valence-electron chi connectivity index (χ1n) is 7.43. The summed E-state index contributed by atoms with van der Waals surface area (Å²) in [4.78, 5) is 33.7. The van der Waals surface area contributed by atoms with Crippen molar-refractivity contribution < 1.29 is 9.59 Å². The zero-order valence-corrected chi connectivity index (χ0v) is 13.1. The second-order valence-electron chi connectivity index (χ2n) is 4.88. The van der Waals surface area contributed by atoms with E-state index >= 15 is 0 Å². The van der Waals surface area contributed by atoms with Crippen LogP contribution in [0.4, 0.5) is 0 Å². The van der Waals surface area contributed by atoms with E-state index in [0.29, 0.717) is 31.7 Å². The average Bonchev–Trinajstić information content (AvgIpc) is 2.48. The van der Waals surface area contributed by atoms with Crippen LogP contribution in [0.3, 0.4) is 0 Å². The minimum absolute atomic E-state index is 0.0234. The number of carbonyl (C=O) groups is 2. The minimum atomic E-state index is -0.189. The Labute approximate surface area is 126 Å². The fourth-order valence-corrected chi connectivity index (χ4v) is 1.80. The van der Waals surface area contributed by atoms with Crippen LogP contribution in [0.1, 0.15) is 49.3 Å². The van der Waals surface area contributed by atoms with Crippen LogP contribution in [0.15, 0.2) is 12.4 Å². The molecule has 0 aliphatic rings. The van der Waals surface area contributed by atoms with E-state index in [0.717, 1.165) is 18.5 Å². The Kier molecular flexibility index (Phi) is 7.36. The summed E-state index contributed by atoms with van der Waals surface area (Å²) in [7, 11) is 0. The van der Waals surface area contributed by atoms with Crippen molar-refractivity contribution in [2.24, 2.45) is 0 Å². The Morgan fingerprint density at radius 2 is 2.00 bits per heavy atom. The highest BCUT2D eigenvalue weighted by molar-refractivity contribution is 5.92. The first-order valence-corrected chi connectivity index (χ1v) is 7.43. The van der Waals surface area contributed by atoms with Crippen molar-refractivity contribution in [3.05, 3.63) is 23.8 Å². The molecule has 0 bridgehead atoms. The molecule has 0 saturated carbocycles. The van der Waals surface area contributed by atoms with Gasteiger partial charge in [-0.05, 0) is 20.3 Å². The quantitative estimate of drug-likeness (QED) is 0.738. The third-order valence-electron chi connectivity index (χ3n) is 3.13. The highest BCUT2D eigenvalue weighted by Gasteiger charge is 2.16. The molecule has 0 spiro atoms.